The zero-order chi connectivity index (χ0) is 14.7. The molecule has 1 aromatic carbocycles. The maximum atomic E-state index is 13.5. The fourth-order valence-electron chi connectivity index (χ4n) is 2.10. The Kier molecular flexibility index (Phi) is 4.02. The van der Waals surface area contributed by atoms with Crippen molar-refractivity contribution in [2.75, 3.05) is 20.1 Å². The van der Waals surface area contributed by atoms with Gasteiger partial charge in [0.15, 0.2) is 0 Å². The monoisotopic (exact) mass is 278 g/mol. The van der Waals surface area contributed by atoms with Gasteiger partial charge in [-0.15, -0.1) is 0 Å². The Bertz CT molecular complexity index is 572. The van der Waals surface area contributed by atoms with E-state index in [1.54, 1.807) is 22.9 Å². The highest BCUT2D eigenvalue weighted by Crippen LogP contribution is 2.16. The molecule has 1 N–H and O–H groups in total. The Morgan fingerprint density at radius 3 is 2.75 bits per heavy atom. The standard InChI is InChI=1S/C14H15FN2O3/c1-16-4-5-17(14(16)20)9-11-6-10(2-3-13(18)19)7-12(15)8-11/h2-3,6-8H,4-5,9H2,1H3,(H,18,19). The van der Waals surface area contributed by atoms with Crippen LogP contribution in [-0.2, 0) is 11.3 Å². The summed E-state index contributed by atoms with van der Waals surface area (Å²) >= 11 is 0. The Hall–Kier alpha value is -2.37. The van der Waals surface area contributed by atoms with Crippen molar-refractivity contribution in [1.29, 1.82) is 0 Å². The van der Waals surface area contributed by atoms with Crippen LogP contribution >= 0.6 is 0 Å². The van der Waals surface area contributed by atoms with Gasteiger partial charge in [0.1, 0.15) is 5.82 Å². The van der Waals surface area contributed by atoms with Gasteiger partial charge in [-0.1, -0.05) is 0 Å². The average molecular weight is 278 g/mol. The van der Waals surface area contributed by atoms with Crippen LogP contribution in [0.2, 0.25) is 0 Å². The summed E-state index contributed by atoms with van der Waals surface area (Å²) in [5, 5.41) is 8.57. The fraction of sp³-hybridized carbons (Fsp3) is 0.286. The van der Waals surface area contributed by atoms with E-state index in [0.717, 1.165) is 6.08 Å². The lowest BCUT2D eigenvalue weighted by Crippen LogP contribution is -2.28. The first kappa shape index (κ1) is 14.0. The fourth-order valence-corrected chi connectivity index (χ4v) is 2.10. The van der Waals surface area contributed by atoms with E-state index in [1.807, 2.05) is 0 Å². The summed E-state index contributed by atoms with van der Waals surface area (Å²) < 4.78 is 13.5. The van der Waals surface area contributed by atoms with Gasteiger partial charge in [-0.3, -0.25) is 0 Å². The number of carbonyl (C=O) groups is 2. The van der Waals surface area contributed by atoms with E-state index in [1.165, 1.54) is 18.2 Å². The summed E-state index contributed by atoms with van der Waals surface area (Å²) in [6, 6.07) is 4.19. The third-order valence-corrected chi connectivity index (χ3v) is 3.07. The number of aliphatic carboxylic acids is 1. The summed E-state index contributed by atoms with van der Waals surface area (Å²) in [6.07, 6.45) is 2.28. The van der Waals surface area contributed by atoms with Crippen LogP contribution in [0, 0.1) is 5.82 Å². The normalized spacial score (nSPS) is 15.4. The maximum absolute atomic E-state index is 13.5. The van der Waals surface area contributed by atoms with Crippen molar-refractivity contribution in [3.63, 3.8) is 0 Å². The number of carbonyl (C=O) groups excluding carboxylic acids is 1. The average Bonchev–Trinajstić information content (AvgIpc) is 2.68. The third-order valence-electron chi connectivity index (χ3n) is 3.07. The molecule has 0 bridgehead atoms. The summed E-state index contributed by atoms with van der Waals surface area (Å²) in [5.74, 6) is -1.54. The Morgan fingerprint density at radius 2 is 2.15 bits per heavy atom. The Balaban J connectivity index is 2.16. The molecule has 1 heterocycles. The minimum atomic E-state index is -1.09. The molecule has 5 nitrogen and oxygen atoms in total. The van der Waals surface area contributed by atoms with E-state index < -0.39 is 11.8 Å². The van der Waals surface area contributed by atoms with Crippen LogP contribution in [0.4, 0.5) is 9.18 Å². The van der Waals surface area contributed by atoms with Gasteiger partial charge in [0.2, 0.25) is 0 Å². The zero-order valence-corrected chi connectivity index (χ0v) is 11.0. The van der Waals surface area contributed by atoms with Crippen molar-refractivity contribution >= 4 is 18.1 Å². The van der Waals surface area contributed by atoms with Crippen LogP contribution in [0.3, 0.4) is 0 Å². The van der Waals surface area contributed by atoms with E-state index in [2.05, 4.69) is 0 Å². The third kappa shape index (κ3) is 3.34. The number of carboxylic acids is 1. The molecule has 0 unspecified atom stereocenters. The number of benzene rings is 1. The van der Waals surface area contributed by atoms with Crippen LogP contribution in [0.5, 0.6) is 0 Å². The first-order valence-electron chi connectivity index (χ1n) is 6.16. The molecule has 106 valence electrons. The molecule has 0 aromatic heterocycles. The molecule has 0 aliphatic carbocycles. The minimum Gasteiger partial charge on any atom is -0.478 e. The van der Waals surface area contributed by atoms with E-state index in [9.17, 15) is 14.0 Å². The number of halogens is 1. The highest BCUT2D eigenvalue weighted by Gasteiger charge is 2.25. The van der Waals surface area contributed by atoms with E-state index >= 15 is 0 Å². The number of hydrogen-bond donors (Lipinski definition) is 1. The number of amides is 2. The molecule has 2 rings (SSSR count). The highest BCUT2D eigenvalue weighted by atomic mass is 19.1. The lowest BCUT2D eigenvalue weighted by molar-refractivity contribution is -0.131. The highest BCUT2D eigenvalue weighted by molar-refractivity contribution is 5.85. The second kappa shape index (κ2) is 5.73. The molecule has 0 radical (unpaired) electrons. The topological polar surface area (TPSA) is 60.9 Å². The number of likely N-dealkylation sites (N-methyl/N-ethyl adjacent to an activating group) is 1. The molecule has 0 saturated carbocycles. The smallest absolute Gasteiger partial charge is 0.328 e. The van der Waals surface area contributed by atoms with Crippen molar-refractivity contribution in [2.24, 2.45) is 0 Å². The Morgan fingerprint density at radius 1 is 1.40 bits per heavy atom. The first-order valence-corrected chi connectivity index (χ1v) is 6.16. The van der Waals surface area contributed by atoms with Gasteiger partial charge in [0.25, 0.3) is 0 Å². The van der Waals surface area contributed by atoms with Gasteiger partial charge in [0.05, 0.1) is 0 Å². The number of nitrogens with zero attached hydrogens (tertiary/aromatic N) is 2. The molecule has 1 aliphatic rings. The van der Waals surface area contributed by atoms with Crippen LogP contribution in [0.1, 0.15) is 11.1 Å². The molecule has 0 spiro atoms. The van der Waals surface area contributed by atoms with Crippen LogP contribution < -0.4 is 0 Å². The number of hydrogen-bond acceptors (Lipinski definition) is 2. The maximum Gasteiger partial charge on any atom is 0.328 e. The SMILES string of the molecule is CN1CCN(Cc2cc(F)cc(C=CC(=O)O)c2)C1=O. The van der Waals surface area contributed by atoms with Crippen molar-refractivity contribution in [3.8, 4) is 0 Å². The van der Waals surface area contributed by atoms with Gasteiger partial charge in [-0.05, 0) is 35.4 Å². The second-order valence-electron chi connectivity index (χ2n) is 4.69. The predicted octanol–water partition coefficient (Wildman–Crippen LogP) is 1.79. The summed E-state index contributed by atoms with van der Waals surface area (Å²) in [6.45, 7) is 1.57. The molecule has 1 aromatic rings. The molecule has 6 heteroatoms. The molecular weight excluding hydrogens is 263 g/mol. The molecule has 2 amide bonds. The molecule has 1 saturated heterocycles. The van der Waals surface area contributed by atoms with Crippen molar-refractivity contribution in [2.45, 2.75) is 6.54 Å². The Labute approximate surface area is 115 Å². The quantitative estimate of drug-likeness (QED) is 0.854. The van der Waals surface area contributed by atoms with Crippen molar-refractivity contribution < 1.29 is 19.1 Å². The van der Waals surface area contributed by atoms with Crippen LogP contribution in [-0.4, -0.2) is 47.0 Å². The molecule has 1 fully saturated rings. The predicted molar refractivity (Wildman–Crippen MR) is 71.5 cm³/mol. The minimum absolute atomic E-state index is 0.0862. The number of carboxylic acid groups (broad SMARTS) is 1. The molecule has 1 aliphatic heterocycles. The summed E-state index contributed by atoms with van der Waals surface area (Å²) in [4.78, 5) is 25.4. The van der Waals surface area contributed by atoms with Crippen molar-refractivity contribution in [1.82, 2.24) is 9.80 Å². The van der Waals surface area contributed by atoms with Gasteiger partial charge < -0.3 is 14.9 Å². The largest absolute Gasteiger partial charge is 0.478 e. The molecule has 20 heavy (non-hydrogen) atoms. The van der Waals surface area contributed by atoms with Crippen molar-refractivity contribution in [3.05, 3.63) is 41.2 Å². The zero-order valence-electron chi connectivity index (χ0n) is 11.0. The van der Waals surface area contributed by atoms with E-state index in [-0.39, 0.29) is 6.03 Å². The molecule has 0 atom stereocenters. The summed E-state index contributed by atoms with van der Waals surface area (Å²) in [7, 11) is 1.72. The summed E-state index contributed by atoms with van der Waals surface area (Å²) in [5.41, 5.74) is 1.10. The molecular formula is C14H15FN2O3. The van der Waals surface area contributed by atoms with Gasteiger partial charge >= 0.3 is 12.0 Å². The van der Waals surface area contributed by atoms with Gasteiger partial charge in [0, 0.05) is 32.8 Å². The van der Waals surface area contributed by atoms with Crippen LogP contribution in [0.25, 0.3) is 6.08 Å². The van der Waals surface area contributed by atoms with Gasteiger partial charge in [-0.2, -0.15) is 0 Å². The number of rotatable bonds is 4. The van der Waals surface area contributed by atoms with Gasteiger partial charge in [-0.25, -0.2) is 14.0 Å². The second-order valence-corrected chi connectivity index (χ2v) is 4.69. The lowest BCUT2D eigenvalue weighted by Gasteiger charge is -2.16. The van der Waals surface area contributed by atoms with E-state index in [4.69, 9.17) is 5.11 Å². The first-order chi connectivity index (χ1) is 9.45. The lowest BCUT2D eigenvalue weighted by atomic mass is 10.1. The number of urea groups is 1. The van der Waals surface area contributed by atoms with E-state index in [0.29, 0.717) is 30.8 Å². The van der Waals surface area contributed by atoms with Crippen LogP contribution in [0.15, 0.2) is 24.3 Å².